The number of hydrogen-bond donors (Lipinski definition) is 2. The lowest BCUT2D eigenvalue weighted by Crippen LogP contribution is -2.16. The van der Waals surface area contributed by atoms with Crippen LogP contribution in [0.5, 0.6) is 0 Å². The standard InChI is InChI=1S/C13H13BrClN3O/c1-2-18-7-8(16)6-11(18)13(19)17-10-5-3-4-9(15)12(10)14/h3-7H,2,16H2,1H3,(H,17,19). The molecule has 1 heterocycles. The first-order valence-electron chi connectivity index (χ1n) is 5.74. The largest absolute Gasteiger partial charge is 0.397 e. The van der Waals surface area contributed by atoms with Gasteiger partial charge in [-0.1, -0.05) is 17.7 Å². The van der Waals surface area contributed by atoms with Gasteiger partial charge in [0.25, 0.3) is 5.91 Å². The molecule has 0 aliphatic carbocycles. The summed E-state index contributed by atoms with van der Waals surface area (Å²) in [6.07, 6.45) is 1.74. The number of nitrogens with zero attached hydrogens (tertiary/aromatic N) is 1. The fraction of sp³-hybridized carbons (Fsp3) is 0.154. The van der Waals surface area contributed by atoms with E-state index in [4.69, 9.17) is 17.3 Å². The zero-order chi connectivity index (χ0) is 14.0. The van der Waals surface area contributed by atoms with Crippen LogP contribution < -0.4 is 11.1 Å². The molecule has 0 bridgehead atoms. The first kappa shape index (κ1) is 14.0. The molecular weight excluding hydrogens is 330 g/mol. The Labute approximate surface area is 124 Å². The Morgan fingerprint density at radius 1 is 1.53 bits per heavy atom. The molecule has 2 aromatic rings. The number of amides is 1. The lowest BCUT2D eigenvalue weighted by Gasteiger charge is -2.09. The third kappa shape index (κ3) is 2.93. The van der Waals surface area contributed by atoms with E-state index in [-0.39, 0.29) is 5.91 Å². The van der Waals surface area contributed by atoms with Crippen LogP contribution in [0.2, 0.25) is 5.02 Å². The Hall–Kier alpha value is -1.46. The van der Waals surface area contributed by atoms with Crippen molar-refractivity contribution >= 4 is 44.8 Å². The molecule has 0 aliphatic rings. The van der Waals surface area contributed by atoms with Gasteiger partial charge in [-0.25, -0.2) is 0 Å². The summed E-state index contributed by atoms with van der Waals surface area (Å²) < 4.78 is 2.45. The van der Waals surface area contributed by atoms with Crippen molar-refractivity contribution < 1.29 is 4.79 Å². The van der Waals surface area contributed by atoms with Crippen LogP contribution in [0.3, 0.4) is 0 Å². The maximum absolute atomic E-state index is 12.2. The molecular formula is C13H13BrClN3O. The maximum atomic E-state index is 12.2. The average Bonchev–Trinajstić information content (AvgIpc) is 2.76. The summed E-state index contributed by atoms with van der Waals surface area (Å²) >= 11 is 9.33. The van der Waals surface area contributed by atoms with Gasteiger partial charge in [0.2, 0.25) is 0 Å². The number of anilines is 2. The summed E-state index contributed by atoms with van der Waals surface area (Å²) in [6.45, 7) is 2.63. The molecule has 19 heavy (non-hydrogen) atoms. The first-order chi connectivity index (χ1) is 9.02. The lowest BCUT2D eigenvalue weighted by molar-refractivity contribution is 0.101. The van der Waals surface area contributed by atoms with Crippen molar-refractivity contribution in [3.05, 3.63) is 45.7 Å². The van der Waals surface area contributed by atoms with Gasteiger partial charge in [-0.3, -0.25) is 4.79 Å². The molecule has 0 spiro atoms. The number of rotatable bonds is 3. The third-order valence-corrected chi connectivity index (χ3v) is 4.09. The summed E-state index contributed by atoms with van der Waals surface area (Å²) in [5, 5.41) is 3.35. The molecule has 0 aliphatic heterocycles. The van der Waals surface area contributed by atoms with Crippen molar-refractivity contribution in [1.29, 1.82) is 0 Å². The quantitative estimate of drug-likeness (QED) is 0.892. The number of carbonyl (C=O) groups excluding carboxylic acids is 1. The fourth-order valence-corrected chi connectivity index (χ4v) is 2.31. The van der Waals surface area contributed by atoms with Crippen molar-refractivity contribution in [3.63, 3.8) is 0 Å². The molecule has 0 radical (unpaired) electrons. The van der Waals surface area contributed by atoms with Crippen LogP contribution in [0.1, 0.15) is 17.4 Å². The molecule has 100 valence electrons. The van der Waals surface area contributed by atoms with Crippen molar-refractivity contribution in [2.75, 3.05) is 11.1 Å². The molecule has 0 saturated carbocycles. The molecule has 2 rings (SSSR count). The minimum absolute atomic E-state index is 0.221. The molecule has 1 aromatic heterocycles. The van der Waals surface area contributed by atoms with Gasteiger partial charge in [-0.2, -0.15) is 0 Å². The van der Waals surface area contributed by atoms with Gasteiger partial charge in [0.05, 0.1) is 20.9 Å². The average molecular weight is 343 g/mol. The monoisotopic (exact) mass is 341 g/mol. The molecule has 0 unspecified atom stereocenters. The van der Waals surface area contributed by atoms with Crippen molar-refractivity contribution in [2.45, 2.75) is 13.5 Å². The van der Waals surface area contributed by atoms with E-state index in [1.807, 2.05) is 6.92 Å². The van der Waals surface area contributed by atoms with E-state index < -0.39 is 0 Å². The highest BCUT2D eigenvalue weighted by molar-refractivity contribution is 9.10. The predicted octanol–water partition coefficient (Wildman–Crippen LogP) is 3.76. The van der Waals surface area contributed by atoms with E-state index >= 15 is 0 Å². The highest BCUT2D eigenvalue weighted by Crippen LogP contribution is 2.30. The normalized spacial score (nSPS) is 10.5. The number of benzene rings is 1. The molecule has 0 saturated heterocycles. The van der Waals surface area contributed by atoms with Crippen LogP contribution >= 0.6 is 27.5 Å². The number of aromatic nitrogens is 1. The van der Waals surface area contributed by atoms with Gasteiger partial charge in [0.15, 0.2) is 0 Å². The molecule has 0 atom stereocenters. The zero-order valence-electron chi connectivity index (χ0n) is 10.3. The Morgan fingerprint density at radius 3 is 2.95 bits per heavy atom. The van der Waals surface area contributed by atoms with Crippen molar-refractivity contribution in [1.82, 2.24) is 4.57 Å². The number of nitrogens with two attached hydrogens (primary N) is 1. The van der Waals surface area contributed by atoms with Gasteiger partial charge < -0.3 is 15.6 Å². The lowest BCUT2D eigenvalue weighted by atomic mass is 10.3. The van der Waals surface area contributed by atoms with Crippen LogP contribution in [-0.2, 0) is 6.54 Å². The second-order valence-corrected chi connectivity index (χ2v) is 5.20. The van der Waals surface area contributed by atoms with Crippen molar-refractivity contribution in [2.24, 2.45) is 0 Å². The number of hydrogen-bond acceptors (Lipinski definition) is 2. The first-order valence-corrected chi connectivity index (χ1v) is 6.91. The van der Waals surface area contributed by atoms with Crippen LogP contribution in [0, 0.1) is 0 Å². The maximum Gasteiger partial charge on any atom is 0.272 e. The molecule has 3 N–H and O–H groups in total. The highest BCUT2D eigenvalue weighted by Gasteiger charge is 2.14. The van der Waals surface area contributed by atoms with E-state index in [9.17, 15) is 4.79 Å². The number of carbonyl (C=O) groups is 1. The topological polar surface area (TPSA) is 60.0 Å². The second-order valence-electron chi connectivity index (χ2n) is 4.00. The number of nitrogens with one attached hydrogen (secondary N) is 1. The molecule has 4 nitrogen and oxygen atoms in total. The molecule has 0 fully saturated rings. The molecule has 6 heteroatoms. The van der Waals surface area contributed by atoms with Gasteiger partial charge in [-0.05, 0) is 41.1 Å². The summed E-state index contributed by atoms with van der Waals surface area (Å²) in [6, 6.07) is 6.94. The van der Waals surface area contributed by atoms with E-state index in [0.29, 0.717) is 33.1 Å². The van der Waals surface area contributed by atoms with Crippen LogP contribution in [0.25, 0.3) is 0 Å². The third-order valence-electron chi connectivity index (χ3n) is 2.69. The van der Waals surface area contributed by atoms with E-state index in [1.54, 1.807) is 35.0 Å². The molecule has 1 amide bonds. The van der Waals surface area contributed by atoms with E-state index in [1.165, 1.54) is 0 Å². The van der Waals surface area contributed by atoms with Crippen LogP contribution in [0.4, 0.5) is 11.4 Å². The SMILES string of the molecule is CCn1cc(N)cc1C(=O)Nc1cccc(Cl)c1Br. The minimum Gasteiger partial charge on any atom is -0.397 e. The van der Waals surface area contributed by atoms with E-state index in [0.717, 1.165) is 0 Å². The predicted molar refractivity (Wildman–Crippen MR) is 81.6 cm³/mol. The zero-order valence-corrected chi connectivity index (χ0v) is 12.6. The number of halogens is 2. The van der Waals surface area contributed by atoms with Crippen LogP contribution in [0.15, 0.2) is 34.9 Å². The second kappa shape index (κ2) is 5.67. The van der Waals surface area contributed by atoms with Gasteiger partial charge in [0, 0.05) is 12.7 Å². The summed E-state index contributed by atoms with van der Waals surface area (Å²) in [5.41, 5.74) is 7.42. The van der Waals surface area contributed by atoms with Gasteiger partial charge in [0.1, 0.15) is 5.69 Å². The van der Waals surface area contributed by atoms with E-state index in [2.05, 4.69) is 21.2 Å². The minimum atomic E-state index is -0.221. The smallest absolute Gasteiger partial charge is 0.272 e. The highest BCUT2D eigenvalue weighted by atomic mass is 79.9. The Bertz CT molecular complexity index is 624. The summed E-state index contributed by atoms with van der Waals surface area (Å²) in [7, 11) is 0. The van der Waals surface area contributed by atoms with Crippen molar-refractivity contribution in [3.8, 4) is 0 Å². The Kier molecular flexibility index (Phi) is 4.17. The summed E-state index contributed by atoms with van der Waals surface area (Å²) in [5.74, 6) is -0.221. The fourth-order valence-electron chi connectivity index (χ4n) is 1.77. The number of nitrogen functional groups attached to an aromatic ring is 1. The summed E-state index contributed by atoms with van der Waals surface area (Å²) in [4.78, 5) is 12.2. The Morgan fingerprint density at radius 2 is 2.26 bits per heavy atom. The van der Waals surface area contributed by atoms with Gasteiger partial charge >= 0.3 is 0 Å². The number of aryl methyl sites for hydroxylation is 1. The Balaban J connectivity index is 2.28. The molecule has 1 aromatic carbocycles. The van der Waals surface area contributed by atoms with Crippen LogP contribution in [-0.4, -0.2) is 10.5 Å². The van der Waals surface area contributed by atoms with Gasteiger partial charge in [-0.15, -0.1) is 0 Å².